The number of benzene rings is 1. The summed E-state index contributed by atoms with van der Waals surface area (Å²) in [6, 6.07) is 5.95. The number of hydrogen-bond donors (Lipinski definition) is 3. The number of anilines is 1. The van der Waals surface area contributed by atoms with Crippen LogP contribution in [-0.2, 0) is 4.79 Å². The summed E-state index contributed by atoms with van der Waals surface area (Å²) in [7, 11) is 0. The minimum atomic E-state index is -0.809. The highest BCUT2D eigenvalue weighted by Crippen LogP contribution is 2.25. The van der Waals surface area contributed by atoms with Gasteiger partial charge in [0.2, 0.25) is 0 Å². The Balaban J connectivity index is 1.77. The summed E-state index contributed by atoms with van der Waals surface area (Å²) >= 11 is 0. The highest BCUT2D eigenvalue weighted by Gasteiger charge is 2.34. The number of carbonyl (C=O) groups is 2. The number of carboxylic acids is 1. The molecule has 0 bridgehead atoms. The van der Waals surface area contributed by atoms with Gasteiger partial charge in [-0.05, 0) is 56.5 Å². The van der Waals surface area contributed by atoms with E-state index in [1.807, 2.05) is 43.9 Å². The molecule has 2 rings (SSSR count). The third-order valence-corrected chi connectivity index (χ3v) is 4.47. The van der Waals surface area contributed by atoms with Gasteiger partial charge >= 0.3 is 12.0 Å². The van der Waals surface area contributed by atoms with Gasteiger partial charge in [0.25, 0.3) is 0 Å². The lowest BCUT2D eigenvalue weighted by Gasteiger charge is -2.42. The first-order chi connectivity index (χ1) is 10.9. The lowest BCUT2D eigenvalue weighted by molar-refractivity contribution is -0.139. The van der Waals surface area contributed by atoms with Crippen LogP contribution in [0.1, 0.15) is 30.9 Å². The van der Waals surface area contributed by atoms with Crippen molar-refractivity contribution >= 4 is 17.7 Å². The Labute approximate surface area is 136 Å². The molecule has 0 aromatic heterocycles. The molecule has 1 aliphatic carbocycles. The molecule has 1 saturated carbocycles. The van der Waals surface area contributed by atoms with Gasteiger partial charge in [-0.3, -0.25) is 9.69 Å². The van der Waals surface area contributed by atoms with Gasteiger partial charge in [0, 0.05) is 17.8 Å². The number of urea groups is 1. The van der Waals surface area contributed by atoms with E-state index in [1.54, 1.807) is 0 Å². The van der Waals surface area contributed by atoms with Gasteiger partial charge in [0.15, 0.2) is 0 Å². The molecule has 126 valence electrons. The van der Waals surface area contributed by atoms with Crippen LogP contribution in [0.3, 0.4) is 0 Å². The van der Waals surface area contributed by atoms with E-state index in [0.717, 1.165) is 24.1 Å². The van der Waals surface area contributed by atoms with Crippen LogP contribution in [0, 0.1) is 13.8 Å². The zero-order valence-electron chi connectivity index (χ0n) is 13.9. The molecule has 0 radical (unpaired) electrons. The predicted octanol–water partition coefficient (Wildman–Crippen LogP) is 2.36. The van der Waals surface area contributed by atoms with Crippen molar-refractivity contribution < 1.29 is 14.7 Å². The minimum absolute atomic E-state index is 0.0583. The summed E-state index contributed by atoms with van der Waals surface area (Å²) in [5.41, 5.74) is 3.11. The van der Waals surface area contributed by atoms with E-state index in [0.29, 0.717) is 6.54 Å². The zero-order chi connectivity index (χ0) is 17.0. The number of carbonyl (C=O) groups excluding carboxylic acids is 1. The monoisotopic (exact) mass is 319 g/mol. The molecule has 0 unspecified atom stereocenters. The van der Waals surface area contributed by atoms with Crippen molar-refractivity contribution in [1.29, 1.82) is 0 Å². The molecule has 1 aromatic carbocycles. The standard InChI is InChI=1S/C17H25N3O3/c1-4-20(10-16(21)22)15-8-14(9-15)19-17(23)18-13-6-5-11(2)12(3)7-13/h5-7,14-15H,4,8-10H2,1-3H3,(H,21,22)(H2,18,19,23). The van der Waals surface area contributed by atoms with Crippen LogP contribution >= 0.6 is 0 Å². The molecule has 0 heterocycles. The number of nitrogens with one attached hydrogen (secondary N) is 2. The van der Waals surface area contributed by atoms with Gasteiger partial charge in [-0.25, -0.2) is 4.79 Å². The molecule has 6 heteroatoms. The second-order valence-corrected chi connectivity index (χ2v) is 6.18. The van der Waals surface area contributed by atoms with Crippen molar-refractivity contribution in [2.45, 2.75) is 45.7 Å². The predicted molar refractivity (Wildman–Crippen MR) is 89.8 cm³/mol. The second-order valence-electron chi connectivity index (χ2n) is 6.18. The van der Waals surface area contributed by atoms with E-state index in [9.17, 15) is 9.59 Å². The van der Waals surface area contributed by atoms with E-state index in [1.165, 1.54) is 5.56 Å². The first-order valence-corrected chi connectivity index (χ1v) is 7.99. The fourth-order valence-electron chi connectivity index (χ4n) is 2.85. The van der Waals surface area contributed by atoms with Gasteiger partial charge < -0.3 is 15.7 Å². The van der Waals surface area contributed by atoms with Crippen LogP contribution in [0.25, 0.3) is 0 Å². The number of aryl methyl sites for hydroxylation is 2. The molecule has 0 aliphatic heterocycles. The maximum absolute atomic E-state index is 12.0. The fraction of sp³-hybridized carbons (Fsp3) is 0.529. The zero-order valence-corrected chi connectivity index (χ0v) is 13.9. The molecule has 1 aromatic rings. The minimum Gasteiger partial charge on any atom is -0.480 e. The number of rotatable bonds is 6. The average molecular weight is 319 g/mol. The van der Waals surface area contributed by atoms with Crippen molar-refractivity contribution in [3.63, 3.8) is 0 Å². The van der Waals surface area contributed by atoms with E-state index in [2.05, 4.69) is 10.6 Å². The summed E-state index contributed by atoms with van der Waals surface area (Å²) < 4.78 is 0. The summed E-state index contributed by atoms with van der Waals surface area (Å²) in [5, 5.41) is 14.7. The lowest BCUT2D eigenvalue weighted by atomic mass is 9.85. The van der Waals surface area contributed by atoms with Crippen LogP contribution in [0.15, 0.2) is 18.2 Å². The Morgan fingerprint density at radius 1 is 1.26 bits per heavy atom. The average Bonchev–Trinajstić information content (AvgIpc) is 2.44. The number of carboxylic acid groups (broad SMARTS) is 1. The van der Waals surface area contributed by atoms with Crippen molar-refractivity contribution in [2.24, 2.45) is 0 Å². The molecular formula is C17H25N3O3. The Bertz CT molecular complexity index is 582. The highest BCUT2D eigenvalue weighted by atomic mass is 16.4. The van der Waals surface area contributed by atoms with Gasteiger partial charge in [-0.2, -0.15) is 0 Å². The second kappa shape index (κ2) is 7.46. The Hall–Kier alpha value is -2.08. The molecule has 1 fully saturated rings. The van der Waals surface area contributed by atoms with Crippen LogP contribution in [0.5, 0.6) is 0 Å². The third-order valence-electron chi connectivity index (χ3n) is 4.47. The van der Waals surface area contributed by atoms with Gasteiger partial charge in [0.05, 0.1) is 6.54 Å². The molecule has 6 nitrogen and oxygen atoms in total. The number of nitrogens with zero attached hydrogens (tertiary/aromatic N) is 1. The van der Waals surface area contributed by atoms with Crippen molar-refractivity contribution in [3.05, 3.63) is 29.3 Å². The molecule has 2 amide bonds. The Kier molecular flexibility index (Phi) is 5.60. The number of aliphatic carboxylic acids is 1. The van der Waals surface area contributed by atoms with E-state index in [-0.39, 0.29) is 24.7 Å². The number of likely N-dealkylation sites (N-methyl/N-ethyl adjacent to an activating group) is 1. The lowest BCUT2D eigenvalue weighted by Crippen LogP contribution is -2.55. The van der Waals surface area contributed by atoms with Crippen LogP contribution < -0.4 is 10.6 Å². The van der Waals surface area contributed by atoms with Crippen molar-refractivity contribution in [2.75, 3.05) is 18.4 Å². The summed E-state index contributed by atoms with van der Waals surface area (Å²) in [4.78, 5) is 24.7. The van der Waals surface area contributed by atoms with Gasteiger partial charge in [-0.1, -0.05) is 13.0 Å². The molecule has 0 saturated heterocycles. The van der Waals surface area contributed by atoms with Crippen LogP contribution in [-0.4, -0.2) is 47.2 Å². The Morgan fingerprint density at radius 2 is 1.96 bits per heavy atom. The van der Waals surface area contributed by atoms with E-state index < -0.39 is 5.97 Å². The summed E-state index contributed by atoms with van der Waals surface area (Å²) in [6.45, 7) is 6.76. The van der Waals surface area contributed by atoms with Gasteiger partial charge in [-0.15, -0.1) is 0 Å². The molecule has 1 aliphatic rings. The third kappa shape index (κ3) is 4.69. The fourth-order valence-corrected chi connectivity index (χ4v) is 2.85. The normalized spacial score (nSPS) is 20.0. The van der Waals surface area contributed by atoms with Gasteiger partial charge in [0.1, 0.15) is 0 Å². The SMILES string of the molecule is CCN(CC(=O)O)C1CC(NC(=O)Nc2ccc(C)c(C)c2)C1. The van der Waals surface area contributed by atoms with Crippen LogP contribution in [0.4, 0.5) is 10.5 Å². The highest BCUT2D eigenvalue weighted by molar-refractivity contribution is 5.89. The molecule has 0 spiro atoms. The summed E-state index contributed by atoms with van der Waals surface area (Å²) in [5.74, 6) is -0.809. The van der Waals surface area contributed by atoms with Crippen molar-refractivity contribution in [3.8, 4) is 0 Å². The van der Waals surface area contributed by atoms with E-state index in [4.69, 9.17) is 5.11 Å². The summed E-state index contributed by atoms with van der Waals surface area (Å²) in [6.07, 6.45) is 1.59. The maximum Gasteiger partial charge on any atom is 0.319 e. The molecule has 0 atom stereocenters. The number of hydrogen-bond acceptors (Lipinski definition) is 3. The largest absolute Gasteiger partial charge is 0.480 e. The number of amides is 2. The molecule has 3 N–H and O–H groups in total. The molecular weight excluding hydrogens is 294 g/mol. The molecule has 23 heavy (non-hydrogen) atoms. The van der Waals surface area contributed by atoms with E-state index >= 15 is 0 Å². The maximum atomic E-state index is 12.0. The Morgan fingerprint density at radius 3 is 2.52 bits per heavy atom. The smallest absolute Gasteiger partial charge is 0.319 e. The van der Waals surface area contributed by atoms with Crippen LogP contribution in [0.2, 0.25) is 0 Å². The first-order valence-electron chi connectivity index (χ1n) is 7.99. The van der Waals surface area contributed by atoms with Crippen molar-refractivity contribution in [1.82, 2.24) is 10.2 Å². The quantitative estimate of drug-likeness (QED) is 0.752. The first kappa shape index (κ1) is 17.3. The topological polar surface area (TPSA) is 81.7 Å².